The van der Waals surface area contributed by atoms with Gasteiger partial charge in [-0.1, -0.05) is 9.13 Å². The predicted octanol–water partition coefficient (Wildman–Crippen LogP) is 2.57. The Morgan fingerprint density at radius 2 is 1.53 bits per heavy atom. The molecule has 4 aromatic rings. The number of pyridine rings is 1. The van der Waals surface area contributed by atoms with E-state index < -0.39 is 29.5 Å². The van der Waals surface area contributed by atoms with Crippen LogP contribution in [-0.2, 0) is 18.3 Å². The number of hydrogen-bond acceptors (Lipinski definition) is 3. The summed E-state index contributed by atoms with van der Waals surface area (Å²) in [5.41, 5.74) is -0.696. The van der Waals surface area contributed by atoms with E-state index in [-0.39, 0.29) is 11.4 Å². The molecule has 0 aromatic carbocycles. The Balaban J connectivity index is 1.76. The van der Waals surface area contributed by atoms with E-state index in [9.17, 15) is 26.3 Å². The lowest BCUT2D eigenvalue weighted by Crippen LogP contribution is -2.77. The summed E-state index contributed by atoms with van der Waals surface area (Å²) < 4.78 is 86.4. The van der Waals surface area contributed by atoms with Crippen molar-refractivity contribution in [2.75, 3.05) is 0 Å². The minimum absolute atomic E-state index is 0.102. The van der Waals surface area contributed by atoms with Crippen LogP contribution in [0.4, 0.5) is 26.3 Å². The molecule has 0 aliphatic carbocycles. The Kier molecular flexibility index (Phi) is 3.27. The van der Waals surface area contributed by atoms with E-state index in [1.807, 2.05) is 0 Å². The number of aryl methyl sites for hydroxylation is 1. The van der Waals surface area contributed by atoms with Gasteiger partial charge in [0.2, 0.25) is 5.69 Å². The zero-order valence-corrected chi connectivity index (χ0v) is 16.0. The smallest absolute Gasteiger partial charge is 0.251 e. The van der Waals surface area contributed by atoms with E-state index in [1.54, 1.807) is 17.6 Å². The van der Waals surface area contributed by atoms with E-state index in [0.717, 1.165) is 22.9 Å². The lowest BCUT2D eigenvalue weighted by Gasteiger charge is -2.16. The predicted molar refractivity (Wildman–Crippen MR) is 92.4 cm³/mol. The molecular formula is C19H11F6N7+2. The van der Waals surface area contributed by atoms with Crippen molar-refractivity contribution < 1.29 is 35.5 Å². The molecule has 7 nitrogen and oxygen atoms in total. The summed E-state index contributed by atoms with van der Waals surface area (Å²) in [5, 5.41) is 8.26. The third-order valence-electron chi connectivity index (χ3n) is 5.61. The third kappa shape index (κ3) is 2.14. The molecule has 6 rings (SSSR count). The van der Waals surface area contributed by atoms with Crippen molar-refractivity contribution in [3.05, 3.63) is 66.0 Å². The Morgan fingerprint density at radius 1 is 0.844 bits per heavy atom. The quantitative estimate of drug-likeness (QED) is 0.264. The summed E-state index contributed by atoms with van der Waals surface area (Å²) in [6.07, 6.45) is -3.81. The minimum atomic E-state index is -4.72. The summed E-state index contributed by atoms with van der Waals surface area (Å²) in [5.74, 6) is -1.67. The van der Waals surface area contributed by atoms with Crippen molar-refractivity contribution in [3.63, 3.8) is 0 Å². The summed E-state index contributed by atoms with van der Waals surface area (Å²) >= 11 is 0. The highest BCUT2D eigenvalue weighted by atomic mass is 19.4. The van der Waals surface area contributed by atoms with Crippen LogP contribution >= 0.6 is 0 Å². The maximum atomic E-state index is 13.5. The first-order valence-electron chi connectivity index (χ1n) is 9.28. The van der Waals surface area contributed by atoms with Gasteiger partial charge in [-0.2, -0.15) is 36.5 Å². The number of halogens is 6. The maximum absolute atomic E-state index is 13.5. The van der Waals surface area contributed by atoms with Crippen LogP contribution in [0.2, 0.25) is 0 Å². The van der Waals surface area contributed by atoms with Crippen LogP contribution in [0.15, 0.2) is 49.1 Å². The van der Waals surface area contributed by atoms with Gasteiger partial charge in [0, 0.05) is 18.2 Å². The SMILES string of the molecule is Cc1cc2n(n1)C1(n3nc(C(F)(F)F)cc3-c3cncc[n+]31)[n+]1ccc(C(F)(F)F)cc1-2. The molecule has 0 fully saturated rings. The van der Waals surface area contributed by atoms with E-state index in [0.29, 0.717) is 17.1 Å². The zero-order valence-electron chi connectivity index (χ0n) is 16.0. The molecule has 32 heavy (non-hydrogen) atoms. The molecule has 0 bridgehead atoms. The van der Waals surface area contributed by atoms with Crippen molar-refractivity contribution in [1.29, 1.82) is 0 Å². The van der Waals surface area contributed by atoms with Gasteiger partial charge in [-0.05, 0) is 13.0 Å². The molecule has 0 N–H and O–H groups in total. The number of aromatic nitrogens is 7. The number of nitrogens with zero attached hydrogens (tertiary/aromatic N) is 7. The standard InChI is InChI=1S/C19H11F6N7/c1-10-6-13-12-7-11(17(20,21)22)2-4-29(12)19(31(13)27-10)30-5-3-26-9-15(30)14-8-16(18(23,24)25)28-32(14)19/h2-9H,1H3/q+2. The van der Waals surface area contributed by atoms with Crippen LogP contribution < -0.4 is 9.13 Å². The van der Waals surface area contributed by atoms with E-state index in [4.69, 9.17) is 0 Å². The summed E-state index contributed by atoms with van der Waals surface area (Å²) in [7, 11) is 0. The van der Waals surface area contributed by atoms with Crippen LogP contribution in [0.3, 0.4) is 0 Å². The molecule has 1 atom stereocenters. The zero-order chi connectivity index (χ0) is 22.6. The largest absolute Gasteiger partial charge is 0.583 e. The highest BCUT2D eigenvalue weighted by Gasteiger charge is 2.70. The van der Waals surface area contributed by atoms with Crippen LogP contribution in [0.1, 0.15) is 17.0 Å². The molecule has 0 saturated heterocycles. The lowest BCUT2D eigenvalue weighted by molar-refractivity contribution is -0.990. The molecule has 1 unspecified atom stereocenters. The molecule has 13 heteroatoms. The van der Waals surface area contributed by atoms with Crippen LogP contribution in [-0.4, -0.2) is 24.5 Å². The van der Waals surface area contributed by atoms with Crippen molar-refractivity contribution >= 4 is 0 Å². The van der Waals surface area contributed by atoms with Gasteiger partial charge in [0.15, 0.2) is 23.8 Å². The number of fused-ring (bicyclic) bond motifs is 10. The van der Waals surface area contributed by atoms with Crippen molar-refractivity contribution in [2.24, 2.45) is 0 Å². The molecule has 2 aliphatic rings. The molecule has 0 radical (unpaired) electrons. The van der Waals surface area contributed by atoms with Gasteiger partial charge in [0.25, 0.3) is 5.69 Å². The van der Waals surface area contributed by atoms with E-state index in [1.165, 1.54) is 34.0 Å². The Labute approximate surface area is 174 Å². The molecule has 0 saturated carbocycles. The molecule has 2 aliphatic heterocycles. The van der Waals surface area contributed by atoms with Gasteiger partial charge in [0.1, 0.15) is 11.9 Å². The summed E-state index contributed by atoms with van der Waals surface area (Å²) in [6.45, 7) is 1.65. The van der Waals surface area contributed by atoms with Crippen LogP contribution in [0, 0.1) is 6.92 Å². The van der Waals surface area contributed by atoms with Crippen molar-refractivity contribution in [1.82, 2.24) is 24.5 Å². The number of hydrogen-bond donors (Lipinski definition) is 0. The molecule has 6 heterocycles. The van der Waals surface area contributed by atoms with Gasteiger partial charge in [0.05, 0.1) is 17.5 Å². The highest BCUT2D eigenvalue weighted by Crippen LogP contribution is 2.41. The Hall–Kier alpha value is -3.77. The summed E-state index contributed by atoms with van der Waals surface area (Å²) in [4.78, 5) is 4.01. The summed E-state index contributed by atoms with van der Waals surface area (Å²) in [6, 6.07) is 4.29. The molecular weight excluding hydrogens is 440 g/mol. The highest BCUT2D eigenvalue weighted by molar-refractivity contribution is 5.58. The fourth-order valence-electron chi connectivity index (χ4n) is 4.40. The van der Waals surface area contributed by atoms with E-state index in [2.05, 4.69) is 15.2 Å². The minimum Gasteiger partial charge on any atom is -0.251 e. The normalized spacial score (nSPS) is 18.6. The second kappa shape index (κ2) is 5.53. The fraction of sp³-hybridized carbons (Fsp3) is 0.211. The van der Waals surface area contributed by atoms with Crippen molar-refractivity contribution in [3.8, 4) is 22.8 Å². The first-order valence-corrected chi connectivity index (χ1v) is 9.28. The third-order valence-corrected chi connectivity index (χ3v) is 5.61. The second-order valence-corrected chi connectivity index (χ2v) is 7.51. The van der Waals surface area contributed by atoms with Gasteiger partial charge in [-0.3, -0.25) is 4.98 Å². The van der Waals surface area contributed by atoms with Crippen LogP contribution in [0.25, 0.3) is 22.8 Å². The lowest BCUT2D eigenvalue weighted by atomic mass is 10.2. The molecule has 4 aromatic heterocycles. The second-order valence-electron chi connectivity index (χ2n) is 7.51. The first kappa shape index (κ1) is 19.0. The van der Waals surface area contributed by atoms with E-state index >= 15 is 0 Å². The van der Waals surface area contributed by atoms with Crippen molar-refractivity contribution in [2.45, 2.75) is 25.2 Å². The average molecular weight is 451 g/mol. The Bertz CT molecular complexity index is 1430. The topological polar surface area (TPSA) is 56.3 Å². The average Bonchev–Trinajstić information content (AvgIpc) is 3.42. The number of alkyl halides is 6. The Morgan fingerprint density at radius 3 is 2.25 bits per heavy atom. The van der Waals surface area contributed by atoms with Gasteiger partial charge in [-0.25, -0.2) is 0 Å². The van der Waals surface area contributed by atoms with Gasteiger partial charge in [-0.15, -0.1) is 9.36 Å². The monoisotopic (exact) mass is 451 g/mol. The fourth-order valence-corrected chi connectivity index (χ4v) is 4.40. The number of rotatable bonds is 0. The van der Waals surface area contributed by atoms with Gasteiger partial charge >= 0.3 is 18.3 Å². The maximum Gasteiger partial charge on any atom is 0.583 e. The van der Waals surface area contributed by atoms with Gasteiger partial charge < -0.3 is 0 Å². The van der Waals surface area contributed by atoms with Crippen LogP contribution in [0.5, 0.6) is 0 Å². The molecule has 162 valence electrons. The molecule has 1 spiro atoms. The first-order chi connectivity index (χ1) is 15.0. The molecule has 0 amide bonds.